The lowest BCUT2D eigenvalue weighted by Crippen LogP contribution is -2.36. The number of carbonyl (C=O) groups excluding carboxylic acids is 3. The summed E-state index contributed by atoms with van der Waals surface area (Å²) in [7, 11) is 0. The van der Waals surface area contributed by atoms with Gasteiger partial charge in [0.1, 0.15) is 6.54 Å². The minimum absolute atomic E-state index is 0.0618. The second-order valence-electron chi connectivity index (χ2n) is 6.11. The molecule has 27 heavy (non-hydrogen) atoms. The van der Waals surface area contributed by atoms with Crippen molar-refractivity contribution >= 4 is 23.8 Å². The summed E-state index contributed by atoms with van der Waals surface area (Å²) in [5.41, 5.74) is 0.721. The highest BCUT2D eigenvalue weighted by molar-refractivity contribution is 5.91. The van der Waals surface area contributed by atoms with Crippen LogP contribution in [0.25, 0.3) is 11.5 Å². The summed E-state index contributed by atoms with van der Waals surface area (Å²) in [5.74, 6) is -1.03. The van der Waals surface area contributed by atoms with E-state index in [2.05, 4.69) is 15.5 Å². The average molecular weight is 372 g/mol. The fourth-order valence-corrected chi connectivity index (χ4v) is 2.68. The fourth-order valence-electron chi connectivity index (χ4n) is 2.68. The zero-order valence-electron chi connectivity index (χ0n) is 14.7. The fraction of sp³-hybridized carbons (Fsp3) is 0.389. The molecule has 1 aromatic heterocycles. The quantitative estimate of drug-likeness (QED) is 0.766. The molecule has 142 valence electrons. The van der Waals surface area contributed by atoms with Crippen molar-refractivity contribution in [3.63, 3.8) is 0 Å². The third-order valence-corrected chi connectivity index (χ3v) is 4.05. The lowest BCUT2D eigenvalue weighted by atomic mass is 10.2. The number of hydrogen-bond donors (Lipinski definition) is 1. The molecule has 0 bridgehead atoms. The number of hydrogen-bond acceptors (Lipinski definition) is 7. The molecule has 1 aromatic carbocycles. The molecule has 0 atom stereocenters. The van der Waals surface area contributed by atoms with Gasteiger partial charge in [0.05, 0.1) is 0 Å². The van der Waals surface area contributed by atoms with Gasteiger partial charge in [-0.15, -0.1) is 5.10 Å². The zero-order chi connectivity index (χ0) is 19.1. The molecule has 0 unspecified atom stereocenters. The molecule has 1 N–H and O–H groups in total. The average Bonchev–Trinajstić information content (AvgIpc) is 3.04. The Morgan fingerprint density at radius 3 is 2.78 bits per heavy atom. The Hall–Kier alpha value is -3.23. The van der Waals surface area contributed by atoms with Crippen LogP contribution in [0.5, 0.6) is 0 Å². The van der Waals surface area contributed by atoms with Gasteiger partial charge in [-0.3, -0.25) is 19.7 Å². The van der Waals surface area contributed by atoms with Crippen LogP contribution in [0.4, 0.5) is 6.01 Å². The Bertz CT molecular complexity index is 805. The smallest absolute Gasteiger partial charge is 0.326 e. The Morgan fingerprint density at radius 2 is 1.96 bits per heavy atom. The van der Waals surface area contributed by atoms with E-state index in [1.54, 1.807) is 12.1 Å². The van der Waals surface area contributed by atoms with E-state index in [-0.39, 0.29) is 24.4 Å². The minimum atomic E-state index is -0.629. The van der Waals surface area contributed by atoms with Gasteiger partial charge in [-0.2, -0.15) is 0 Å². The van der Waals surface area contributed by atoms with Crippen LogP contribution >= 0.6 is 0 Å². The molecular weight excluding hydrogens is 352 g/mol. The number of likely N-dealkylation sites (tertiary alicyclic amines) is 1. The van der Waals surface area contributed by atoms with Gasteiger partial charge in [0.15, 0.2) is 6.61 Å². The first-order valence-electron chi connectivity index (χ1n) is 8.74. The van der Waals surface area contributed by atoms with E-state index in [0.29, 0.717) is 13.0 Å². The molecular formula is C18H20N4O5. The normalized spacial score (nSPS) is 14.5. The molecule has 2 aromatic rings. The van der Waals surface area contributed by atoms with E-state index in [4.69, 9.17) is 9.15 Å². The first-order valence-corrected chi connectivity index (χ1v) is 8.74. The minimum Gasteiger partial charge on any atom is -0.454 e. The van der Waals surface area contributed by atoms with Gasteiger partial charge in [-0.1, -0.05) is 29.7 Å². The Morgan fingerprint density at radius 1 is 1.15 bits per heavy atom. The highest BCUT2D eigenvalue weighted by Gasteiger charge is 2.20. The summed E-state index contributed by atoms with van der Waals surface area (Å²) < 4.78 is 10.3. The van der Waals surface area contributed by atoms with Gasteiger partial charge >= 0.3 is 12.0 Å². The maximum atomic E-state index is 11.9. The lowest BCUT2D eigenvalue weighted by molar-refractivity contribution is -0.151. The number of amides is 2. The predicted molar refractivity (Wildman–Crippen MR) is 94.4 cm³/mol. The summed E-state index contributed by atoms with van der Waals surface area (Å²) in [6.07, 6.45) is 3.10. The maximum absolute atomic E-state index is 11.9. The molecule has 9 heteroatoms. The number of anilines is 1. The van der Waals surface area contributed by atoms with E-state index in [0.717, 1.165) is 24.8 Å². The summed E-state index contributed by atoms with van der Waals surface area (Å²) in [5, 5.41) is 9.95. The van der Waals surface area contributed by atoms with Gasteiger partial charge in [0.25, 0.3) is 5.91 Å². The predicted octanol–water partition coefficient (Wildman–Crippen LogP) is 1.62. The number of nitrogens with zero attached hydrogens (tertiary/aromatic N) is 3. The molecule has 1 fully saturated rings. The maximum Gasteiger partial charge on any atom is 0.326 e. The van der Waals surface area contributed by atoms with Crippen LogP contribution in [0.2, 0.25) is 0 Å². The molecule has 1 aliphatic heterocycles. The van der Waals surface area contributed by atoms with Gasteiger partial charge < -0.3 is 14.1 Å². The van der Waals surface area contributed by atoms with E-state index in [1.165, 1.54) is 4.90 Å². The monoisotopic (exact) mass is 372 g/mol. The van der Waals surface area contributed by atoms with Crippen LogP contribution < -0.4 is 5.32 Å². The van der Waals surface area contributed by atoms with Crippen LogP contribution in [-0.4, -0.2) is 52.6 Å². The Labute approximate surface area is 155 Å². The second-order valence-corrected chi connectivity index (χ2v) is 6.11. The van der Waals surface area contributed by atoms with Gasteiger partial charge in [0, 0.05) is 18.5 Å². The van der Waals surface area contributed by atoms with Crippen LogP contribution in [0.15, 0.2) is 34.7 Å². The van der Waals surface area contributed by atoms with Crippen molar-refractivity contribution in [1.82, 2.24) is 15.1 Å². The molecule has 1 aliphatic rings. The molecule has 1 saturated heterocycles. The lowest BCUT2D eigenvalue weighted by Gasteiger charge is -2.19. The summed E-state index contributed by atoms with van der Waals surface area (Å²) >= 11 is 0. The SMILES string of the molecule is O=C(COC(=O)CN1CCCCCC1=O)Nc1nnc(-c2ccccc2)o1. The van der Waals surface area contributed by atoms with Crippen molar-refractivity contribution in [2.45, 2.75) is 25.7 Å². The first-order chi connectivity index (χ1) is 13.1. The van der Waals surface area contributed by atoms with Crippen LogP contribution in [0.1, 0.15) is 25.7 Å². The highest BCUT2D eigenvalue weighted by atomic mass is 16.5. The number of rotatable bonds is 6. The first kappa shape index (κ1) is 18.6. The standard InChI is InChI=1S/C18H20N4O5/c23-14(12-26-16(25)11-22-10-6-2-5-9-15(22)24)19-18-21-20-17(27-18)13-7-3-1-4-8-13/h1,3-4,7-8H,2,5-6,9-12H2,(H,19,21,23). The molecule has 9 nitrogen and oxygen atoms in total. The van der Waals surface area contributed by atoms with E-state index in [1.807, 2.05) is 18.2 Å². The molecule has 0 aliphatic carbocycles. The number of nitrogens with one attached hydrogen (secondary N) is 1. The van der Waals surface area contributed by atoms with Crippen molar-refractivity contribution in [3.8, 4) is 11.5 Å². The van der Waals surface area contributed by atoms with Crippen LogP contribution in [0, 0.1) is 0 Å². The van der Waals surface area contributed by atoms with Crippen molar-refractivity contribution < 1.29 is 23.5 Å². The van der Waals surface area contributed by atoms with Crippen LogP contribution in [0.3, 0.4) is 0 Å². The largest absolute Gasteiger partial charge is 0.454 e. The third kappa shape index (κ3) is 5.37. The zero-order valence-corrected chi connectivity index (χ0v) is 14.7. The number of ether oxygens (including phenoxy) is 1. The van der Waals surface area contributed by atoms with E-state index < -0.39 is 18.5 Å². The summed E-state index contributed by atoms with van der Waals surface area (Å²) in [6, 6.07) is 9.02. The molecule has 0 spiro atoms. The van der Waals surface area contributed by atoms with E-state index in [9.17, 15) is 14.4 Å². The van der Waals surface area contributed by atoms with Crippen LogP contribution in [-0.2, 0) is 19.1 Å². The molecule has 2 heterocycles. The summed E-state index contributed by atoms with van der Waals surface area (Å²) in [6.45, 7) is -0.112. The molecule has 2 amide bonds. The highest BCUT2D eigenvalue weighted by Crippen LogP contribution is 2.18. The Balaban J connectivity index is 1.45. The number of aromatic nitrogens is 2. The van der Waals surface area contributed by atoms with E-state index >= 15 is 0 Å². The molecule has 3 rings (SSSR count). The van der Waals surface area contributed by atoms with Crippen molar-refractivity contribution in [3.05, 3.63) is 30.3 Å². The van der Waals surface area contributed by atoms with Crippen molar-refractivity contribution in [2.75, 3.05) is 25.0 Å². The number of esters is 1. The van der Waals surface area contributed by atoms with Crippen molar-refractivity contribution in [1.29, 1.82) is 0 Å². The number of benzene rings is 1. The second kappa shape index (κ2) is 8.93. The van der Waals surface area contributed by atoms with Gasteiger partial charge in [-0.25, -0.2) is 0 Å². The van der Waals surface area contributed by atoms with Gasteiger partial charge in [0.2, 0.25) is 11.8 Å². The summed E-state index contributed by atoms with van der Waals surface area (Å²) in [4.78, 5) is 37.1. The Kier molecular flexibility index (Phi) is 6.14. The topological polar surface area (TPSA) is 115 Å². The van der Waals surface area contributed by atoms with Crippen molar-refractivity contribution in [2.24, 2.45) is 0 Å². The third-order valence-electron chi connectivity index (χ3n) is 4.05. The molecule has 0 saturated carbocycles. The number of carbonyl (C=O) groups is 3. The molecule has 0 radical (unpaired) electrons. The van der Waals surface area contributed by atoms with Gasteiger partial charge in [-0.05, 0) is 25.0 Å².